The summed E-state index contributed by atoms with van der Waals surface area (Å²) in [6, 6.07) is 15.1. The van der Waals surface area contributed by atoms with Crippen LogP contribution in [-0.2, 0) is 6.18 Å². The minimum Gasteiger partial charge on any atom is -0.368 e. The van der Waals surface area contributed by atoms with Crippen molar-refractivity contribution in [2.45, 2.75) is 26.4 Å². The highest BCUT2D eigenvalue weighted by Crippen LogP contribution is 2.33. The van der Waals surface area contributed by atoms with Crippen molar-refractivity contribution in [3.05, 3.63) is 65.7 Å². The maximum absolute atomic E-state index is 13.7. The standard InChI is InChI=1S/C28H31F3N4O/c1-19-14-20(2)18-35(17-19)27(36)24-16-26(32-25-9-4-3-8-23(24)25)34-12-10-33(11-13-34)22-7-5-6-21(15-22)28(29,30)31/h3-9,15-16,19-20H,10-14,17-18H2,1-2H3/t19-,20-/m0/s1. The monoisotopic (exact) mass is 496 g/mol. The highest BCUT2D eigenvalue weighted by Gasteiger charge is 2.32. The zero-order valence-electron chi connectivity index (χ0n) is 20.6. The first-order valence-corrected chi connectivity index (χ1v) is 12.6. The van der Waals surface area contributed by atoms with Crippen molar-refractivity contribution in [2.24, 2.45) is 11.8 Å². The van der Waals surface area contributed by atoms with Crippen LogP contribution in [0.3, 0.4) is 0 Å². The number of anilines is 2. The molecule has 2 aromatic carbocycles. The highest BCUT2D eigenvalue weighted by molar-refractivity contribution is 6.07. The van der Waals surface area contributed by atoms with Crippen LogP contribution < -0.4 is 9.80 Å². The van der Waals surface area contributed by atoms with Gasteiger partial charge in [-0.3, -0.25) is 4.79 Å². The van der Waals surface area contributed by atoms with E-state index in [2.05, 4.69) is 18.7 Å². The molecule has 0 bridgehead atoms. The Morgan fingerprint density at radius 2 is 1.56 bits per heavy atom. The maximum atomic E-state index is 13.7. The molecule has 1 amide bonds. The lowest BCUT2D eigenvalue weighted by molar-refractivity contribution is -0.137. The number of hydrogen-bond donors (Lipinski definition) is 0. The molecule has 36 heavy (non-hydrogen) atoms. The van der Waals surface area contributed by atoms with Crippen molar-refractivity contribution in [2.75, 3.05) is 49.1 Å². The number of rotatable bonds is 3. The number of para-hydroxylation sites is 1. The van der Waals surface area contributed by atoms with E-state index in [1.54, 1.807) is 6.07 Å². The molecule has 8 heteroatoms. The summed E-state index contributed by atoms with van der Waals surface area (Å²) in [6.07, 6.45) is -3.23. The van der Waals surface area contributed by atoms with Gasteiger partial charge in [0, 0.05) is 50.3 Å². The number of nitrogens with zero attached hydrogens (tertiary/aromatic N) is 4. The summed E-state index contributed by atoms with van der Waals surface area (Å²) in [5.74, 6) is 1.71. The lowest BCUT2D eigenvalue weighted by atomic mass is 9.91. The van der Waals surface area contributed by atoms with Crippen LogP contribution in [0.2, 0.25) is 0 Å². The van der Waals surface area contributed by atoms with Gasteiger partial charge in [0.1, 0.15) is 5.82 Å². The van der Waals surface area contributed by atoms with Gasteiger partial charge in [0.05, 0.1) is 16.6 Å². The first kappa shape index (κ1) is 24.4. The molecular weight excluding hydrogens is 465 g/mol. The number of amides is 1. The normalized spacial score (nSPS) is 21.2. The Bertz CT molecular complexity index is 1240. The van der Waals surface area contributed by atoms with E-state index in [-0.39, 0.29) is 5.91 Å². The van der Waals surface area contributed by atoms with Gasteiger partial charge in [0.25, 0.3) is 5.91 Å². The fourth-order valence-electron chi connectivity index (χ4n) is 5.57. The van der Waals surface area contributed by atoms with Crippen LogP contribution in [0.25, 0.3) is 10.9 Å². The number of aromatic nitrogens is 1. The molecule has 0 aliphatic carbocycles. The van der Waals surface area contributed by atoms with Crippen LogP contribution in [0.1, 0.15) is 36.2 Å². The number of piperazine rings is 1. The molecule has 2 atom stereocenters. The van der Waals surface area contributed by atoms with E-state index in [1.165, 1.54) is 12.1 Å². The summed E-state index contributed by atoms with van der Waals surface area (Å²) in [5, 5.41) is 0.847. The van der Waals surface area contributed by atoms with Crippen LogP contribution >= 0.6 is 0 Å². The third-order valence-corrected chi connectivity index (χ3v) is 7.23. The Morgan fingerprint density at radius 1 is 0.889 bits per heavy atom. The van der Waals surface area contributed by atoms with Gasteiger partial charge in [-0.25, -0.2) is 4.98 Å². The lowest BCUT2D eigenvalue weighted by Crippen LogP contribution is -2.47. The summed E-state index contributed by atoms with van der Waals surface area (Å²) >= 11 is 0. The Morgan fingerprint density at radius 3 is 2.25 bits per heavy atom. The van der Waals surface area contributed by atoms with Gasteiger partial charge in [-0.2, -0.15) is 13.2 Å². The first-order chi connectivity index (χ1) is 17.2. The molecule has 0 N–H and O–H groups in total. The summed E-state index contributed by atoms with van der Waals surface area (Å²) in [4.78, 5) is 24.6. The summed E-state index contributed by atoms with van der Waals surface area (Å²) in [6.45, 7) is 8.24. The van der Waals surface area contributed by atoms with Crippen molar-refractivity contribution in [3.63, 3.8) is 0 Å². The van der Waals surface area contributed by atoms with Crippen molar-refractivity contribution in [1.29, 1.82) is 0 Å². The van der Waals surface area contributed by atoms with Gasteiger partial charge in [-0.1, -0.05) is 38.1 Å². The number of pyridine rings is 1. The van der Waals surface area contributed by atoms with E-state index >= 15 is 0 Å². The maximum Gasteiger partial charge on any atom is 0.416 e. The predicted octanol–water partition coefficient (Wildman–Crippen LogP) is 5.70. The lowest BCUT2D eigenvalue weighted by Gasteiger charge is -2.37. The molecule has 5 nitrogen and oxygen atoms in total. The molecule has 2 aliphatic rings. The molecular formula is C28H31F3N4O. The number of carbonyl (C=O) groups is 1. The third-order valence-electron chi connectivity index (χ3n) is 7.23. The van der Waals surface area contributed by atoms with Crippen molar-refractivity contribution < 1.29 is 18.0 Å². The average molecular weight is 497 g/mol. The van der Waals surface area contributed by atoms with E-state index in [1.807, 2.05) is 40.1 Å². The van der Waals surface area contributed by atoms with Gasteiger partial charge in [0.15, 0.2) is 0 Å². The summed E-state index contributed by atoms with van der Waals surface area (Å²) in [5.41, 5.74) is 1.37. The second-order valence-electron chi connectivity index (χ2n) is 10.2. The van der Waals surface area contributed by atoms with Crippen LogP contribution in [0.5, 0.6) is 0 Å². The molecule has 0 saturated carbocycles. The third kappa shape index (κ3) is 4.99. The van der Waals surface area contributed by atoms with Crippen LogP contribution in [-0.4, -0.2) is 55.1 Å². The van der Waals surface area contributed by atoms with Gasteiger partial charge in [0.2, 0.25) is 0 Å². The van der Waals surface area contributed by atoms with Gasteiger partial charge < -0.3 is 14.7 Å². The Labute approximate surface area is 209 Å². The molecule has 2 fully saturated rings. The second-order valence-corrected chi connectivity index (χ2v) is 10.2. The predicted molar refractivity (Wildman–Crippen MR) is 136 cm³/mol. The summed E-state index contributed by atoms with van der Waals surface area (Å²) in [7, 11) is 0. The fourth-order valence-corrected chi connectivity index (χ4v) is 5.57. The van der Waals surface area contributed by atoms with Crippen molar-refractivity contribution >= 4 is 28.3 Å². The minimum absolute atomic E-state index is 0.0378. The van der Waals surface area contributed by atoms with E-state index in [4.69, 9.17) is 4.98 Å². The zero-order valence-corrected chi connectivity index (χ0v) is 20.6. The highest BCUT2D eigenvalue weighted by atomic mass is 19.4. The number of carbonyl (C=O) groups excluding carboxylic acids is 1. The van der Waals surface area contributed by atoms with Gasteiger partial charge in [-0.05, 0) is 48.6 Å². The molecule has 3 heterocycles. The van der Waals surface area contributed by atoms with E-state index in [9.17, 15) is 18.0 Å². The molecule has 1 aromatic heterocycles. The smallest absolute Gasteiger partial charge is 0.368 e. The zero-order chi connectivity index (χ0) is 25.4. The summed E-state index contributed by atoms with van der Waals surface area (Å²) < 4.78 is 39.5. The van der Waals surface area contributed by atoms with Crippen LogP contribution in [0, 0.1) is 11.8 Å². The minimum atomic E-state index is -4.36. The number of benzene rings is 2. The quantitative estimate of drug-likeness (QED) is 0.467. The molecule has 190 valence electrons. The molecule has 0 unspecified atom stereocenters. The molecule has 2 aliphatic heterocycles. The number of alkyl halides is 3. The van der Waals surface area contributed by atoms with E-state index < -0.39 is 11.7 Å². The SMILES string of the molecule is C[C@H]1C[C@H](C)CN(C(=O)c2cc(N3CCN(c4cccc(C(F)(F)F)c4)CC3)nc3ccccc23)C1. The largest absolute Gasteiger partial charge is 0.416 e. The fraction of sp³-hybridized carbons (Fsp3) is 0.429. The topological polar surface area (TPSA) is 39.7 Å². The van der Waals surface area contributed by atoms with Crippen molar-refractivity contribution in [1.82, 2.24) is 9.88 Å². The number of hydrogen-bond acceptors (Lipinski definition) is 4. The number of likely N-dealkylation sites (tertiary alicyclic amines) is 1. The molecule has 0 radical (unpaired) electrons. The molecule has 2 saturated heterocycles. The number of fused-ring (bicyclic) bond motifs is 1. The average Bonchev–Trinajstić information content (AvgIpc) is 2.87. The Balaban J connectivity index is 1.38. The Hall–Kier alpha value is -3.29. The van der Waals surface area contributed by atoms with Gasteiger partial charge in [-0.15, -0.1) is 0 Å². The first-order valence-electron chi connectivity index (χ1n) is 12.6. The molecule has 0 spiro atoms. The van der Waals surface area contributed by atoms with Crippen LogP contribution in [0.15, 0.2) is 54.6 Å². The number of halogens is 3. The van der Waals surface area contributed by atoms with E-state index in [0.717, 1.165) is 42.3 Å². The molecule has 5 rings (SSSR count). The second kappa shape index (κ2) is 9.64. The van der Waals surface area contributed by atoms with Crippen LogP contribution in [0.4, 0.5) is 24.7 Å². The van der Waals surface area contributed by atoms with E-state index in [0.29, 0.717) is 49.3 Å². The Kier molecular flexibility index (Phi) is 6.53. The number of piperidine rings is 1. The van der Waals surface area contributed by atoms with Crippen molar-refractivity contribution in [3.8, 4) is 0 Å². The molecule has 3 aromatic rings. The van der Waals surface area contributed by atoms with Gasteiger partial charge >= 0.3 is 6.18 Å².